The average Bonchev–Trinajstić information content (AvgIpc) is 2.57. The summed E-state index contributed by atoms with van der Waals surface area (Å²) >= 11 is 3.42. The Morgan fingerprint density at radius 3 is 2.27 bits per heavy atom. The summed E-state index contributed by atoms with van der Waals surface area (Å²) in [6.45, 7) is 0. The van der Waals surface area contributed by atoms with E-state index >= 15 is 0 Å². The Balaban J connectivity index is 2.03. The first-order chi connectivity index (χ1) is 10.7. The third kappa shape index (κ3) is 3.23. The van der Waals surface area contributed by atoms with Crippen LogP contribution in [0.5, 0.6) is 0 Å². The molecule has 2 aromatic carbocycles. The summed E-state index contributed by atoms with van der Waals surface area (Å²) in [7, 11) is 0. The number of benzene rings is 2. The van der Waals surface area contributed by atoms with Gasteiger partial charge in [0, 0.05) is 22.2 Å². The average molecular weight is 353 g/mol. The number of halogens is 1. The van der Waals surface area contributed by atoms with Crippen molar-refractivity contribution >= 4 is 21.8 Å². The van der Waals surface area contributed by atoms with Gasteiger partial charge in [0.25, 0.3) is 0 Å². The van der Waals surface area contributed by atoms with Crippen molar-refractivity contribution < 1.29 is 9.78 Å². The summed E-state index contributed by atoms with van der Waals surface area (Å²) in [6.07, 6.45) is 1.78. The van der Waals surface area contributed by atoms with Gasteiger partial charge in [0.2, 0.25) is 11.9 Å². The van der Waals surface area contributed by atoms with Crippen molar-refractivity contribution in [3.8, 4) is 11.3 Å². The lowest BCUT2D eigenvalue weighted by molar-refractivity contribution is -0.670. The Kier molecular flexibility index (Phi) is 4.30. The molecule has 3 rings (SSSR count). The Morgan fingerprint density at radius 1 is 0.864 bits per heavy atom. The van der Waals surface area contributed by atoms with Crippen LogP contribution in [0.4, 0.5) is 0 Å². The second kappa shape index (κ2) is 6.54. The van der Waals surface area contributed by atoms with Crippen LogP contribution >= 0.6 is 15.9 Å². The minimum absolute atomic E-state index is 0.268. The minimum atomic E-state index is -0.268. The zero-order chi connectivity index (χ0) is 15.4. The van der Waals surface area contributed by atoms with Crippen molar-refractivity contribution in [3.05, 3.63) is 89.0 Å². The maximum atomic E-state index is 12.3. The highest BCUT2D eigenvalue weighted by atomic mass is 79.9. The van der Waals surface area contributed by atoms with Crippen LogP contribution in [0.25, 0.3) is 11.3 Å². The van der Waals surface area contributed by atoms with E-state index in [0.717, 1.165) is 15.7 Å². The van der Waals surface area contributed by atoms with Crippen LogP contribution in [0.2, 0.25) is 0 Å². The lowest BCUT2D eigenvalue weighted by Gasteiger charge is -2.07. The third-order valence-corrected chi connectivity index (χ3v) is 3.73. The van der Waals surface area contributed by atoms with Crippen molar-refractivity contribution in [1.29, 1.82) is 0 Å². The smallest absolute Gasteiger partial charge is 0.245 e. The van der Waals surface area contributed by atoms with Crippen molar-refractivity contribution in [3.63, 3.8) is 0 Å². The van der Waals surface area contributed by atoms with Crippen LogP contribution in [0.15, 0.2) is 88.6 Å². The van der Waals surface area contributed by atoms with Crippen molar-refractivity contribution in [1.82, 2.24) is 0 Å². The van der Waals surface area contributed by atoms with E-state index in [1.54, 1.807) is 23.0 Å². The van der Waals surface area contributed by atoms with Gasteiger partial charge in [0.15, 0.2) is 0 Å². The summed E-state index contributed by atoms with van der Waals surface area (Å²) in [6, 6.07) is 22.7. The van der Waals surface area contributed by atoms with Crippen LogP contribution in [0, 0.1) is 0 Å². The number of aromatic nitrogens is 1. The molecule has 3 nitrogen and oxygen atoms in total. The molecule has 0 saturated carbocycles. The Bertz CT molecular complexity index is 799. The SMILES string of the molecule is [O-]/C(=N/[n+]1ccccc1-c1ccc(Br)cc1)c1ccccc1. The quantitative estimate of drug-likeness (QED) is 0.405. The molecule has 0 radical (unpaired) electrons. The molecule has 0 N–H and O–H groups in total. The fraction of sp³-hybridized carbons (Fsp3) is 0. The van der Waals surface area contributed by atoms with E-state index in [4.69, 9.17) is 0 Å². The number of hydrogen-bond donors (Lipinski definition) is 0. The molecule has 0 amide bonds. The molecule has 0 aliphatic heterocycles. The Morgan fingerprint density at radius 2 is 1.55 bits per heavy atom. The first-order valence-corrected chi connectivity index (χ1v) is 7.61. The van der Waals surface area contributed by atoms with E-state index in [0.29, 0.717) is 5.56 Å². The molecule has 4 heteroatoms. The summed E-state index contributed by atoms with van der Waals surface area (Å²) < 4.78 is 2.62. The largest absolute Gasteiger partial charge is 0.854 e. The van der Waals surface area contributed by atoms with E-state index in [1.807, 2.05) is 60.7 Å². The third-order valence-electron chi connectivity index (χ3n) is 3.20. The lowest BCUT2D eigenvalue weighted by Crippen LogP contribution is -2.35. The molecule has 22 heavy (non-hydrogen) atoms. The van der Waals surface area contributed by atoms with E-state index in [-0.39, 0.29) is 5.90 Å². The second-order valence-electron chi connectivity index (χ2n) is 4.71. The van der Waals surface area contributed by atoms with Gasteiger partial charge < -0.3 is 5.11 Å². The Labute approximate surface area is 137 Å². The summed E-state index contributed by atoms with van der Waals surface area (Å²) in [5.41, 5.74) is 2.42. The predicted octanol–water partition coefficient (Wildman–Crippen LogP) is 2.97. The predicted molar refractivity (Wildman–Crippen MR) is 88.2 cm³/mol. The minimum Gasteiger partial charge on any atom is -0.854 e. The van der Waals surface area contributed by atoms with Crippen molar-refractivity contribution in [2.24, 2.45) is 5.10 Å². The van der Waals surface area contributed by atoms with Gasteiger partial charge in [-0.1, -0.05) is 50.9 Å². The molecule has 0 unspecified atom stereocenters. The second-order valence-corrected chi connectivity index (χ2v) is 5.62. The van der Waals surface area contributed by atoms with Gasteiger partial charge in [0.1, 0.15) is 0 Å². The van der Waals surface area contributed by atoms with Crippen LogP contribution in [0.3, 0.4) is 0 Å². The Hall–Kier alpha value is -2.46. The van der Waals surface area contributed by atoms with Crippen LogP contribution in [-0.4, -0.2) is 5.90 Å². The first-order valence-electron chi connectivity index (χ1n) is 6.82. The number of pyridine rings is 1. The van der Waals surface area contributed by atoms with E-state index < -0.39 is 0 Å². The fourth-order valence-electron chi connectivity index (χ4n) is 2.11. The lowest BCUT2D eigenvalue weighted by atomic mass is 10.1. The zero-order valence-electron chi connectivity index (χ0n) is 11.7. The molecule has 0 spiro atoms. The van der Waals surface area contributed by atoms with Gasteiger partial charge in [-0.05, 0) is 41.0 Å². The zero-order valence-corrected chi connectivity index (χ0v) is 13.3. The van der Waals surface area contributed by atoms with Crippen molar-refractivity contribution in [2.45, 2.75) is 0 Å². The van der Waals surface area contributed by atoms with Crippen LogP contribution < -0.4 is 9.78 Å². The van der Waals surface area contributed by atoms with Gasteiger partial charge in [-0.3, -0.25) is 0 Å². The fourth-order valence-corrected chi connectivity index (χ4v) is 2.37. The van der Waals surface area contributed by atoms with Crippen molar-refractivity contribution in [2.75, 3.05) is 0 Å². The van der Waals surface area contributed by atoms with E-state index in [1.165, 1.54) is 0 Å². The van der Waals surface area contributed by atoms with E-state index in [9.17, 15) is 5.11 Å². The summed E-state index contributed by atoms with van der Waals surface area (Å²) in [5.74, 6) is -0.268. The topological polar surface area (TPSA) is 39.3 Å². The van der Waals surface area contributed by atoms with Gasteiger partial charge in [0.05, 0.1) is 5.90 Å². The highest BCUT2D eigenvalue weighted by Crippen LogP contribution is 2.18. The van der Waals surface area contributed by atoms with Crippen LogP contribution in [-0.2, 0) is 0 Å². The molecule has 1 heterocycles. The van der Waals surface area contributed by atoms with E-state index in [2.05, 4.69) is 21.0 Å². The molecule has 108 valence electrons. The maximum absolute atomic E-state index is 12.3. The molecule has 0 aliphatic carbocycles. The van der Waals surface area contributed by atoms with Crippen LogP contribution in [0.1, 0.15) is 5.56 Å². The molecule has 1 aromatic heterocycles. The first kappa shape index (κ1) is 14.5. The number of nitrogens with zero attached hydrogens (tertiary/aromatic N) is 2. The van der Waals surface area contributed by atoms with Gasteiger partial charge in [-0.15, -0.1) is 0 Å². The van der Waals surface area contributed by atoms with Gasteiger partial charge in [-0.2, -0.15) is 0 Å². The number of rotatable bonds is 3. The van der Waals surface area contributed by atoms with Gasteiger partial charge >= 0.3 is 0 Å². The summed E-state index contributed by atoms with van der Waals surface area (Å²) in [5, 5.41) is 16.5. The summed E-state index contributed by atoms with van der Waals surface area (Å²) in [4.78, 5) is 0. The highest BCUT2D eigenvalue weighted by molar-refractivity contribution is 9.10. The molecule has 3 aromatic rings. The molecule has 0 saturated heterocycles. The highest BCUT2D eigenvalue weighted by Gasteiger charge is 2.12. The molecule has 0 atom stereocenters. The standard InChI is InChI=1S/C18H13BrN2O/c19-16-11-9-14(10-12-16)17-8-4-5-13-21(17)20-18(22)15-6-2-1-3-7-15/h1-13H. The van der Waals surface area contributed by atoms with Gasteiger partial charge in [-0.25, -0.2) is 0 Å². The molecular weight excluding hydrogens is 340 g/mol. The molecule has 0 aliphatic rings. The maximum Gasteiger partial charge on any atom is 0.245 e. The number of hydrogen-bond acceptors (Lipinski definition) is 2. The molecule has 0 fully saturated rings. The molecular formula is C18H13BrN2O. The molecule has 0 bridgehead atoms. The normalized spacial score (nSPS) is 11.4. The monoisotopic (exact) mass is 352 g/mol.